The number of fused-ring (bicyclic) bond motifs is 2. The molecule has 54 heavy (non-hydrogen) atoms. The molecule has 272 valence electrons. The Labute approximate surface area is 302 Å². The summed E-state index contributed by atoms with van der Waals surface area (Å²) in [6, 6.07) is 12.9. The number of primary amides is 1. The first kappa shape index (κ1) is 35.3. The lowest BCUT2D eigenvalue weighted by Crippen LogP contribution is -2.27. The van der Waals surface area contributed by atoms with Crippen molar-refractivity contribution in [3.63, 3.8) is 0 Å². The zero-order valence-electron chi connectivity index (χ0n) is 27.9. The predicted molar refractivity (Wildman–Crippen MR) is 183 cm³/mol. The number of carbonyl (C=O) groups excluding carboxylic acids is 1. The molecule has 14 nitrogen and oxygen atoms in total. The van der Waals surface area contributed by atoms with E-state index in [4.69, 9.17) is 11.0 Å². The number of anilines is 2. The summed E-state index contributed by atoms with van der Waals surface area (Å²) in [5.41, 5.74) is 7.19. The number of halogens is 4. The highest BCUT2D eigenvalue weighted by molar-refractivity contribution is 5.94. The van der Waals surface area contributed by atoms with Gasteiger partial charge in [-0.2, -0.15) is 20.7 Å². The maximum absolute atomic E-state index is 14.3. The van der Waals surface area contributed by atoms with Gasteiger partial charge >= 0.3 is 5.97 Å². The minimum atomic E-state index is -1.22. The van der Waals surface area contributed by atoms with Crippen LogP contribution in [0.2, 0.25) is 0 Å². The van der Waals surface area contributed by atoms with Crippen molar-refractivity contribution in [2.24, 2.45) is 5.73 Å². The zero-order chi connectivity index (χ0) is 38.3. The van der Waals surface area contributed by atoms with Crippen LogP contribution in [0.5, 0.6) is 0 Å². The number of benzene rings is 2. The molecule has 2 aliphatic rings. The normalized spacial score (nSPS) is 19.4. The Bertz CT molecular complexity index is 2350. The number of hydrogen-bond donors (Lipinski definition) is 2. The van der Waals surface area contributed by atoms with Gasteiger partial charge in [0.05, 0.1) is 43.1 Å². The van der Waals surface area contributed by atoms with E-state index in [0.717, 1.165) is 18.2 Å². The molecule has 2 saturated heterocycles. The van der Waals surface area contributed by atoms with Crippen LogP contribution in [0.3, 0.4) is 0 Å². The van der Waals surface area contributed by atoms with Crippen molar-refractivity contribution in [3.05, 3.63) is 118 Å². The van der Waals surface area contributed by atoms with E-state index in [2.05, 4.69) is 20.2 Å². The molecule has 2 fully saturated rings. The summed E-state index contributed by atoms with van der Waals surface area (Å²) in [7, 11) is 0. The second-order valence-corrected chi connectivity index (χ2v) is 12.6. The second kappa shape index (κ2) is 14.2. The number of nitriles is 2. The Morgan fingerprint density at radius 2 is 1.19 bits per heavy atom. The number of rotatable bonds is 6. The van der Waals surface area contributed by atoms with Crippen LogP contribution in [-0.2, 0) is 0 Å². The van der Waals surface area contributed by atoms with Crippen LogP contribution in [0.25, 0.3) is 11.3 Å². The molecule has 8 rings (SSSR count). The first-order valence-electron chi connectivity index (χ1n) is 16.4. The summed E-state index contributed by atoms with van der Waals surface area (Å²) in [4.78, 5) is 35.4. The van der Waals surface area contributed by atoms with Crippen molar-refractivity contribution in [2.45, 2.75) is 37.3 Å². The van der Waals surface area contributed by atoms with Gasteiger partial charge in [-0.15, -0.1) is 0 Å². The van der Waals surface area contributed by atoms with E-state index in [1.54, 1.807) is 34.3 Å². The van der Waals surface area contributed by atoms with E-state index in [-0.39, 0.29) is 53.7 Å². The molecule has 0 spiro atoms. The number of carbonyl (C=O) groups is 2. The first-order valence-corrected chi connectivity index (χ1v) is 16.4. The van der Waals surface area contributed by atoms with Crippen LogP contribution in [0.4, 0.5) is 29.2 Å². The van der Waals surface area contributed by atoms with Crippen LogP contribution in [0, 0.1) is 34.3 Å². The number of aromatic nitrogens is 6. The highest BCUT2D eigenvalue weighted by Gasteiger charge is 2.38. The third-order valence-corrected chi connectivity index (χ3v) is 9.28. The molecular formula is C36H27F4N11O3. The average molecular weight is 738 g/mol. The number of hydrogen-bond acceptors (Lipinski definition) is 10. The Balaban J connectivity index is 0.000000167. The average Bonchev–Trinajstić information content (AvgIpc) is 3.95. The summed E-state index contributed by atoms with van der Waals surface area (Å²) in [6.45, 7) is 0.0119. The molecule has 6 aromatic rings. The number of aromatic carboxylic acids is 1. The zero-order valence-corrected chi connectivity index (χ0v) is 27.9. The summed E-state index contributed by atoms with van der Waals surface area (Å²) in [5, 5.41) is 35.8. The molecule has 18 heteroatoms. The SMILES string of the molecule is N#Cc1cnn2ccc(N3C[C@@H](F)C[C@@H]3c3cc(F)ccc3C(=O)O)nc12.N#Cc1cnn2ccc(N3C[C@@H](F)C[C@@H]3c3cc(F)ccc3C(N)=O)nc12. The lowest BCUT2D eigenvalue weighted by atomic mass is 9.97. The van der Waals surface area contributed by atoms with Gasteiger partial charge in [0.15, 0.2) is 11.3 Å². The molecule has 2 aromatic carbocycles. The van der Waals surface area contributed by atoms with E-state index in [1.165, 1.54) is 39.6 Å². The number of nitrogens with two attached hydrogens (primary N) is 1. The van der Waals surface area contributed by atoms with E-state index in [0.29, 0.717) is 28.5 Å². The third-order valence-electron chi connectivity index (χ3n) is 9.28. The molecule has 0 bridgehead atoms. The van der Waals surface area contributed by atoms with Crippen LogP contribution < -0.4 is 15.5 Å². The van der Waals surface area contributed by atoms with Crippen molar-refractivity contribution < 1.29 is 32.3 Å². The molecule has 0 aliphatic carbocycles. The molecule has 4 aromatic heterocycles. The van der Waals surface area contributed by atoms with Crippen LogP contribution in [-0.4, -0.2) is 71.6 Å². The van der Waals surface area contributed by atoms with Gasteiger partial charge in [-0.1, -0.05) is 0 Å². The Morgan fingerprint density at radius 1 is 0.741 bits per heavy atom. The topological polar surface area (TPSA) is 195 Å². The number of carboxylic acids is 1. The van der Waals surface area contributed by atoms with Gasteiger partial charge in [-0.25, -0.2) is 41.4 Å². The number of nitrogens with zero attached hydrogens (tertiary/aromatic N) is 10. The number of alkyl halides is 2. The maximum Gasteiger partial charge on any atom is 0.336 e. The van der Waals surface area contributed by atoms with Gasteiger partial charge in [0.25, 0.3) is 0 Å². The molecule has 1 amide bonds. The fourth-order valence-corrected chi connectivity index (χ4v) is 6.90. The van der Waals surface area contributed by atoms with E-state index in [9.17, 15) is 37.5 Å². The van der Waals surface area contributed by atoms with Crippen molar-refractivity contribution in [3.8, 4) is 12.1 Å². The summed E-state index contributed by atoms with van der Waals surface area (Å²) in [6.07, 6.45) is 3.65. The fraction of sp³-hybridized carbons (Fsp3) is 0.222. The van der Waals surface area contributed by atoms with Crippen molar-refractivity contribution in [2.75, 3.05) is 22.9 Å². The Kier molecular flexibility index (Phi) is 9.26. The van der Waals surface area contributed by atoms with Gasteiger partial charge in [-0.3, -0.25) is 4.79 Å². The molecule has 0 saturated carbocycles. The third kappa shape index (κ3) is 6.56. The van der Waals surface area contributed by atoms with Crippen molar-refractivity contribution in [1.82, 2.24) is 29.2 Å². The molecule has 3 N–H and O–H groups in total. The number of carboxylic acid groups (broad SMARTS) is 1. The maximum atomic E-state index is 14.3. The van der Waals surface area contributed by atoms with Gasteiger partial charge in [0, 0.05) is 30.8 Å². The largest absolute Gasteiger partial charge is 0.478 e. The van der Waals surface area contributed by atoms with Gasteiger partial charge in [-0.05, 0) is 59.7 Å². The lowest BCUT2D eigenvalue weighted by molar-refractivity contribution is 0.0694. The molecule has 2 aliphatic heterocycles. The second-order valence-electron chi connectivity index (χ2n) is 12.6. The quantitative estimate of drug-likeness (QED) is 0.222. The van der Waals surface area contributed by atoms with E-state index < -0.39 is 47.9 Å². The molecule has 0 radical (unpaired) electrons. The fourth-order valence-electron chi connectivity index (χ4n) is 6.90. The summed E-state index contributed by atoms with van der Waals surface area (Å²) >= 11 is 0. The van der Waals surface area contributed by atoms with Crippen LogP contribution >= 0.6 is 0 Å². The smallest absolute Gasteiger partial charge is 0.336 e. The van der Waals surface area contributed by atoms with Crippen LogP contribution in [0.1, 0.15) is 67.9 Å². The Hall–Kier alpha value is -7.08. The molecule has 4 atom stereocenters. The van der Waals surface area contributed by atoms with E-state index >= 15 is 0 Å². The molecular weight excluding hydrogens is 710 g/mol. The molecule has 0 unspecified atom stereocenters. The Morgan fingerprint density at radius 3 is 1.61 bits per heavy atom. The monoisotopic (exact) mass is 737 g/mol. The minimum absolute atomic E-state index is 0.0144. The van der Waals surface area contributed by atoms with Gasteiger partial charge < -0.3 is 20.6 Å². The van der Waals surface area contributed by atoms with Gasteiger partial charge in [0.1, 0.15) is 58.9 Å². The first-order chi connectivity index (χ1) is 25.9. The summed E-state index contributed by atoms with van der Waals surface area (Å²) < 4.78 is 59.0. The van der Waals surface area contributed by atoms with Crippen molar-refractivity contribution in [1.29, 1.82) is 10.5 Å². The summed E-state index contributed by atoms with van der Waals surface area (Å²) in [5.74, 6) is -2.28. The van der Waals surface area contributed by atoms with Gasteiger partial charge in [0.2, 0.25) is 5.91 Å². The number of amides is 1. The molecule has 6 heterocycles. The minimum Gasteiger partial charge on any atom is -0.478 e. The van der Waals surface area contributed by atoms with Crippen molar-refractivity contribution >= 4 is 34.8 Å². The van der Waals surface area contributed by atoms with Crippen LogP contribution in [0.15, 0.2) is 73.3 Å². The van der Waals surface area contributed by atoms with E-state index in [1.807, 2.05) is 12.1 Å². The predicted octanol–water partition coefficient (Wildman–Crippen LogP) is 4.86. The highest BCUT2D eigenvalue weighted by Crippen LogP contribution is 2.40. The standard InChI is InChI=1S/C18H14F2N6O.C18H13F2N5O2/c19-11-1-2-13(17(22)27)14(5-11)15-6-12(20)9-25(15)16-3-4-26-18(24-16)10(7-21)8-23-26;19-11-1-2-13(18(26)27)14(5-11)15-6-12(20)9-24(15)16-3-4-25-17(23-16)10(7-21)8-22-25/h1-5,8,12,15H,6,9H2,(H2,22,27);1-5,8,12,15H,6,9H2,(H,26,27)/t2*12-,15+/m00/s1. The lowest BCUT2D eigenvalue weighted by Gasteiger charge is -2.27. The highest BCUT2D eigenvalue weighted by atomic mass is 19.1.